The summed E-state index contributed by atoms with van der Waals surface area (Å²) in [6.45, 7) is 3.87. The first-order valence-corrected chi connectivity index (χ1v) is 8.30. The number of ether oxygens (including phenoxy) is 4. The van der Waals surface area contributed by atoms with E-state index in [1.165, 1.54) is 0 Å². The Balaban J connectivity index is 1.31. The molecule has 0 aromatic heterocycles. The highest BCUT2D eigenvalue weighted by Crippen LogP contribution is 2.32. The van der Waals surface area contributed by atoms with E-state index in [0.29, 0.717) is 19.8 Å². The average molecular weight is 327 g/mol. The van der Waals surface area contributed by atoms with Gasteiger partial charge in [-0.1, -0.05) is 24.3 Å². The van der Waals surface area contributed by atoms with E-state index in [2.05, 4.69) is 12.2 Å². The SMILES string of the molecule is C[C@H](NC[C@@H]1COc2ccccc2O1)[C@@H]1COc2ccccc2O1. The summed E-state index contributed by atoms with van der Waals surface area (Å²) < 4.78 is 23.5. The van der Waals surface area contributed by atoms with Gasteiger partial charge in [-0.15, -0.1) is 0 Å². The molecule has 126 valence electrons. The molecule has 0 radical (unpaired) electrons. The van der Waals surface area contributed by atoms with Gasteiger partial charge in [0.15, 0.2) is 23.0 Å². The third-order valence-electron chi connectivity index (χ3n) is 4.32. The fourth-order valence-corrected chi connectivity index (χ4v) is 2.89. The van der Waals surface area contributed by atoms with Crippen molar-refractivity contribution in [3.63, 3.8) is 0 Å². The highest BCUT2D eigenvalue weighted by atomic mass is 16.6. The second-order valence-corrected chi connectivity index (χ2v) is 6.11. The Morgan fingerprint density at radius 3 is 2.17 bits per heavy atom. The summed E-state index contributed by atoms with van der Waals surface area (Å²) >= 11 is 0. The molecule has 4 rings (SSSR count). The molecule has 2 aromatic carbocycles. The monoisotopic (exact) mass is 327 g/mol. The maximum absolute atomic E-state index is 6.03. The summed E-state index contributed by atoms with van der Waals surface area (Å²) in [5, 5.41) is 3.47. The molecule has 2 aliphatic rings. The van der Waals surface area contributed by atoms with Crippen molar-refractivity contribution < 1.29 is 18.9 Å². The van der Waals surface area contributed by atoms with Crippen LogP contribution in [-0.4, -0.2) is 38.0 Å². The van der Waals surface area contributed by atoms with Gasteiger partial charge in [-0.2, -0.15) is 0 Å². The zero-order valence-corrected chi connectivity index (χ0v) is 13.6. The molecule has 3 atom stereocenters. The van der Waals surface area contributed by atoms with Crippen molar-refractivity contribution >= 4 is 0 Å². The third-order valence-corrected chi connectivity index (χ3v) is 4.32. The second-order valence-electron chi connectivity index (χ2n) is 6.11. The van der Waals surface area contributed by atoms with Crippen molar-refractivity contribution in [1.82, 2.24) is 5.32 Å². The molecule has 0 unspecified atom stereocenters. The van der Waals surface area contributed by atoms with Crippen molar-refractivity contribution in [1.29, 1.82) is 0 Å². The zero-order chi connectivity index (χ0) is 16.4. The highest BCUT2D eigenvalue weighted by molar-refractivity contribution is 5.41. The summed E-state index contributed by atoms with van der Waals surface area (Å²) in [6, 6.07) is 15.6. The predicted molar refractivity (Wildman–Crippen MR) is 90.2 cm³/mol. The molecule has 0 aliphatic carbocycles. The standard InChI is InChI=1S/C19H21NO4/c1-13(19-12-22-16-7-3-5-9-18(16)24-19)20-10-14-11-21-15-6-2-4-8-17(15)23-14/h2-9,13-14,19-20H,10-12H2,1H3/t13-,14+,19-/m0/s1. The lowest BCUT2D eigenvalue weighted by molar-refractivity contribution is 0.0533. The van der Waals surface area contributed by atoms with Crippen molar-refractivity contribution in [3.05, 3.63) is 48.5 Å². The number of rotatable bonds is 4. The molecule has 0 fully saturated rings. The van der Waals surface area contributed by atoms with Crippen molar-refractivity contribution in [2.24, 2.45) is 0 Å². The van der Waals surface area contributed by atoms with E-state index in [0.717, 1.165) is 23.0 Å². The molecule has 0 spiro atoms. The van der Waals surface area contributed by atoms with Gasteiger partial charge in [-0.05, 0) is 31.2 Å². The third kappa shape index (κ3) is 3.12. The smallest absolute Gasteiger partial charge is 0.161 e. The minimum Gasteiger partial charge on any atom is -0.486 e. The van der Waals surface area contributed by atoms with Crippen LogP contribution in [0.15, 0.2) is 48.5 Å². The minimum atomic E-state index is -0.0308. The number of nitrogens with one attached hydrogen (secondary N) is 1. The molecule has 5 nitrogen and oxygen atoms in total. The van der Waals surface area contributed by atoms with Gasteiger partial charge in [0.2, 0.25) is 0 Å². The topological polar surface area (TPSA) is 49.0 Å². The summed E-state index contributed by atoms with van der Waals surface area (Å²) in [5.41, 5.74) is 0. The van der Waals surface area contributed by atoms with E-state index in [9.17, 15) is 0 Å². The summed E-state index contributed by atoms with van der Waals surface area (Å²) in [7, 11) is 0. The Bertz CT molecular complexity index is 705. The van der Waals surface area contributed by atoms with Crippen LogP contribution in [0.3, 0.4) is 0 Å². The van der Waals surface area contributed by atoms with Gasteiger partial charge < -0.3 is 24.3 Å². The average Bonchev–Trinajstić information content (AvgIpc) is 2.65. The second kappa shape index (κ2) is 6.61. The molecule has 5 heteroatoms. The van der Waals surface area contributed by atoms with E-state index < -0.39 is 0 Å². The lowest BCUT2D eigenvalue weighted by atomic mass is 10.1. The van der Waals surface area contributed by atoms with Crippen LogP contribution in [0.25, 0.3) is 0 Å². The lowest BCUT2D eigenvalue weighted by Crippen LogP contribution is -2.50. The van der Waals surface area contributed by atoms with Gasteiger partial charge in [0, 0.05) is 12.6 Å². The molecule has 24 heavy (non-hydrogen) atoms. The Kier molecular flexibility index (Phi) is 4.17. The molecule has 0 saturated heterocycles. The molecule has 0 amide bonds. The van der Waals surface area contributed by atoms with Crippen LogP contribution in [0.1, 0.15) is 6.92 Å². The fourth-order valence-electron chi connectivity index (χ4n) is 2.89. The van der Waals surface area contributed by atoms with E-state index in [1.54, 1.807) is 0 Å². The van der Waals surface area contributed by atoms with E-state index in [1.807, 2.05) is 48.5 Å². The number of fused-ring (bicyclic) bond motifs is 2. The molecule has 2 heterocycles. The van der Waals surface area contributed by atoms with Gasteiger partial charge >= 0.3 is 0 Å². The van der Waals surface area contributed by atoms with Gasteiger partial charge in [-0.3, -0.25) is 0 Å². The Morgan fingerprint density at radius 2 is 1.46 bits per heavy atom. The predicted octanol–water partition coefficient (Wildman–Crippen LogP) is 2.64. The largest absolute Gasteiger partial charge is 0.486 e. The molecule has 0 saturated carbocycles. The van der Waals surface area contributed by atoms with Crippen LogP contribution in [0.5, 0.6) is 23.0 Å². The normalized spacial score (nSPS) is 22.7. The molecular weight excluding hydrogens is 306 g/mol. The van der Waals surface area contributed by atoms with Crippen molar-refractivity contribution in [2.75, 3.05) is 19.8 Å². The maximum atomic E-state index is 6.03. The number of hydrogen-bond donors (Lipinski definition) is 1. The minimum absolute atomic E-state index is 0.0147. The van der Waals surface area contributed by atoms with Crippen molar-refractivity contribution in [3.8, 4) is 23.0 Å². The van der Waals surface area contributed by atoms with Crippen LogP contribution in [-0.2, 0) is 0 Å². The fraction of sp³-hybridized carbons (Fsp3) is 0.368. The Morgan fingerprint density at radius 1 is 0.875 bits per heavy atom. The summed E-state index contributed by atoms with van der Waals surface area (Å²) in [5.74, 6) is 3.21. The Hall–Kier alpha value is -2.40. The van der Waals surface area contributed by atoms with Crippen molar-refractivity contribution in [2.45, 2.75) is 25.2 Å². The zero-order valence-electron chi connectivity index (χ0n) is 13.6. The maximum Gasteiger partial charge on any atom is 0.161 e. The number of benzene rings is 2. The highest BCUT2D eigenvalue weighted by Gasteiger charge is 2.27. The van der Waals surface area contributed by atoms with E-state index >= 15 is 0 Å². The molecule has 0 bridgehead atoms. The number of hydrogen-bond acceptors (Lipinski definition) is 5. The van der Waals surface area contributed by atoms with Crippen LogP contribution < -0.4 is 24.3 Å². The molecule has 1 N–H and O–H groups in total. The van der Waals surface area contributed by atoms with Gasteiger partial charge in [-0.25, -0.2) is 0 Å². The molecule has 2 aromatic rings. The summed E-state index contributed by atoms with van der Waals surface area (Å²) in [4.78, 5) is 0. The van der Waals surface area contributed by atoms with Gasteiger partial charge in [0.05, 0.1) is 0 Å². The number of para-hydroxylation sites is 4. The van der Waals surface area contributed by atoms with Gasteiger partial charge in [0.25, 0.3) is 0 Å². The lowest BCUT2D eigenvalue weighted by Gasteiger charge is -2.32. The van der Waals surface area contributed by atoms with Crippen LogP contribution in [0.2, 0.25) is 0 Å². The quantitative estimate of drug-likeness (QED) is 0.935. The first-order chi connectivity index (χ1) is 11.8. The van der Waals surface area contributed by atoms with Gasteiger partial charge in [0.1, 0.15) is 25.4 Å². The van der Waals surface area contributed by atoms with Crippen LogP contribution >= 0.6 is 0 Å². The first-order valence-electron chi connectivity index (χ1n) is 8.30. The molecular formula is C19H21NO4. The van der Waals surface area contributed by atoms with E-state index in [-0.39, 0.29) is 18.2 Å². The van der Waals surface area contributed by atoms with E-state index in [4.69, 9.17) is 18.9 Å². The van der Waals surface area contributed by atoms with Crippen LogP contribution in [0, 0.1) is 0 Å². The first kappa shape index (κ1) is 15.1. The molecule has 2 aliphatic heterocycles. The Labute approximate surface area is 141 Å². The summed E-state index contributed by atoms with van der Waals surface area (Å²) in [6.07, 6.45) is -0.0455. The van der Waals surface area contributed by atoms with Crippen LogP contribution in [0.4, 0.5) is 0 Å².